The average Bonchev–Trinajstić information content (AvgIpc) is 3.10. The van der Waals surface area contributed by atoms with Gasteiger partial charge in [-0.1, -0.05) is 44.9 Å². The third kappa shape index (κ3) is 5.64. The summed E-state index contributed by atoms with van der Waals surface area (Å²) in [4.78, 5) is 12.6. The summed E-state index contributed by atoms with van der Waals surface area (Å²) in [5.41, 5.74) is -0.426. The van der Waals surface area contributed by atoms with Crippen LogP contribution in [0.5, 0.6) is 0 Å². The van der Waals surface area contributed by atoms with Crippen LogP contribution in [-0.4, -0.2) is 51.5 Å². The molecule has 0 amide bonds. The third-order valence-electron chi connectivity index (χ3n) is 7.43. The number of ether oxygens (including phenoxy) is 3. The minimum atomic E-state index is -1.66. The molecule has 8 atom stereocenters. The Morgan fingerprint density at radius 3 is 2.47 bits per heavy atom. The molecular weight excluding hydrogens is 408 g/mol. The molecule has 3 aliphatic heterocycles. The summed E-state index contributed by atoms with van der Waals surface area (Å²) in [6, 6.07) is 0. The molecule has 0 aromatic heterocycles. The van der Waals surface area contributed by atoms with Crippen molar-refractivity contribution in [2.75, 3.05) is 0 Å². The predicted octanol–water partition coefficient (Wildman–Crippen LogP) is 4.43. The summed E-state index contributed by atoms with van der Waals surface area (Å²) in [5.74, 6) is -2.18. The molecule has 182 valence electrons. The minimum Gasteiger partial charge on any atom is -0.456 e. The fraction of sp³-hybridized carbons (Fsp3) is 0.808. The molecular formula is C26H42O6. The number of allylic oxidation sites excluding steroid dienone is 2. The first kappa shape index (κ1) is 25.4. The quantitative estimate of drug-likeness (QED) is 0.478. The SMILES string of the molecule is CCC[C@]1(C)C[C@H]2OC(=O)/C=C/[C@@H](C)CC3(O)O[C@@H](C[C@@]3(C)O)[C@H](C)/C=C(\C)CC[C@@H]2O1. The van der Waals surface area contributed by atoms with Crippen molar-refractivity contribution in [1.29, 1.82) is 0 Å². The summed E-state index contributed by atoms with van der Waals surface area (Å²) >= 11 is 0. The van der Waals surface area contributed by atoms with E-state index in [1.807, 2.05) is 6.92 Å². The molecule has 2 N–H and O–H groups in total. The van der Waals surface area contributed by atoms with Crippen LogP contribution in [0.25, 0.3) is 0 Å². The number of carbonyl (C=O) groups excluding carboxylic acids is 1. The molecule has 0 saturated carbocycles. The van der Waals surface area contributed by atoms with E-state index in [0.29, 0.717) is 12.8 Å². The van der Waals surface area contributed by atoms with E-state index in [9.17, 15) is 15.0 Å². The second-order valence-electron chi connectivity index (χ2n) is 10.9. The van der Waals surface area contributed by atoms with Crippen LogP contribution < -0.4 is 0 Å². The summed E-state index contributed by atoms with van der Waals surface area (Å²) in [7, 11) is 0. The van der Waals surface area contributed by atoms with E-state index < -0.39 is 17.4 Å². The third-order valence-corrected chi connectivity index (χ3v) is 7.43. The largest absolute Gasteiger partial charge is 0.456 e. The highest BCUT2D eigenvalue weighted by Gasteiger charge is 2.56. The predicted molar refractivity (Wildman–Crippen MR) is 123 cm³/mol. The molecule has 2 bridgehead atoms. The maximum atomic E-state index is 12.6. The van der Waals surface area contributed by atoms with Crippen LogP contribution in [0.1, 0.15) is 86.5 Å². The molecule has 2 saturated heterocycles. The van der Waals surface area contributed by atoms with Gasteiger partial charge in [0.05, 0.1) is 17.8 Å². The minimum absolute atomic E-state index is 0.0535. The van der Waals surface area contributed by atoms with Crippen LogP contribution in [0, 0.1) is 11.8 Å². The van der Waals surface area contributed by atoms with Crippen molar-refractivity contribution in [3.8, 4) is 0 Å². The average molecular weight is 451 g/mol. The molecule has 1 unspecified atom stereocenters. The van der Waals surface area contributed by atoms with Crippen molar-refractivity contribution in [3.05, 3.63) is 23.8 Å². The van der Waals surface area contributed by atoms with Crippen LogP contribution >= 0.6 is 0 Å². The second-order valence-corrected chi connectivity index (χ2v) is 10.9. The number of rotatable bonds is 2. The molecule has 2 fully saturated rings. The van der Waals surface area contributed by atoms with Crippen molar-refractivity contribution < 1.29 is 29.2 Å². The molecule has 0 aromatic rings. The van der Waals surface area contributed by atoms with Gasteiger partial charge in [-0.15, -0.1) is 0 Å². The van der Waals surface area contributed by atoms with Gasteiger partial charge in [0.1, 0.15) is 11.7 Å². The number of hydrogen-bond acceptors (Lipinski definition) is 6. The monoisotopic (exact) mass is 450 g/mol. The lowest BCUT2D eigenvalue weighted by Gasteiger charge is -2.35. The van der Waals surface area contributed by atoms with Gasteiger partial charge in [-0.2, -0.15) is 0 Å². The Labute approximate surface area is 193 Å². The van der Waals surface area contributed by atoms with Crippen molar-refractivity contribution in [1.82, 2.24) is 0 Å². The fourth-order valence-corrected chi connectivity index (χ4v) is 5.58. The van der Waals surface area contributed by atoms with Crippen LogP contribution in [0.4, 0.5) is 0 Å². The van der Waals surface area contributed by atoms with E-state index in [-0.39, 0.29) is 42.2 Å². The van der Waals surface area contributed by atoms with Gasteiger partial charge < -0.3 is 24.4 Å². The lowest BCUT2D eigenvalue weighted by atomic mass is 9.85. The molecule has 3 rings (SSSR count). The molecule has 32 heavy (non-hydrogen) atoms. The van der Waals surface area contributed by atoms with Crippen LogP contribution in [-0.2, 0) is 19.0 Å². The standard InChI is InChI=1S/C26H42O6/c1-7-12-24(5)15-22-20(31-24)10-8-17(2)13-19(4)21-16-25(6,28)26(29,32-21)14-18(3)9-11-23(27)30-22/h9,11,13,18-22,28-29H,7-8,10,12,14-16H2,1-6H3/b11-9+,17-13+/t18-,19-,20+,21+,22-,24-,25-,26?/m1/s1. The molecule has 0 aliphatic carbocycles. The lowest BCUT2D eigenvalue weighted by Crippen LogP contribution is -2.49. The van der Waals surface area contributed by atoms with Gasteiger partial charge in [0.15, 0.2) is 5.79 Å². The Kier molecular flexibility index (Phi) is 7.60. The van der Waals surface area contributed by atoms with Gasteiger partial charge in [0.2, 0.25) is 0 Å². The first-order chi connectivity index (χ1) is 14.9. The molecule has 0 radical (unpaired) electrons. The summed E-state index contributed by atoms with van der Waals surface area (Å²) in [6.45, 7) is 11.9. The first-order valence-electron chi connectivity index (χ1n) is 12.2. The zero-order valence-electron chi connectivity index (χ0n) is 20.6. The summed E-state index contributed by atoms with van der Waals surface area (Å²) < 4.78 is 18.3. The molecule has 3 aliphatic rings. The number of esters is 1. The highest BCUT2D eigenvalue weighted by Crippen LogP contribution is 2.44. The van der Waals surface area contributed by atoms with Gasteiger partial charge in [0.25, 0.3) is 0 Å². The number of carbonyl (C=O) groups is 1. The van der Waals surface area contributed by atoms with E-state index in [1.54, 1.807) is 13.0 Å². The maximum absolute atomic E-state index is 12.6. The van der Waals surface area contributed by atoms with Crippen LogP contribution in [0.15, 0.2) is 23.8 Å². The van der Waals surface area contributed by atoms with Gasteiger partial charge in [-0.3, -0.25) is 0 Å². The van der Waals surface area contributed by atoms with E-state index in [1.165, 1.54) is 11.6 Å². The van der Waals surface area contributed by atoms with E-state index in [4.69, 9.17) is 14.2 Å². The highest BCUT2D eigenvalue weighted by molar-refractivity contribution is 5.82. The zero-order valence-corrected chi connectivity index (χ0v) is 20.6. The van der Waals surface area contributed by atoms with E-state index in [2.05, 4.69) is 33.8 Å². The van der Waals surface area contributed by atoms with E-state index >= 15 is 0 Å². The number of fused-ring (bicyclic) bond motifs is 3. The summed E-state index contributed by atoms with van der Waals surface area (Å²) in [5, 5.41) is 22.1. The molecule has 0 spiro atoms. The lowest BCUT2D eigenvalue weighted by molar-refractivity contribution is -0.266. The Morgan fingerprint density at radius 1 is 1.06 bits per heavy atom. The Bertz CT molecular complexity index is 743. The van der Waals surface area contributed by atoms with Crippen molar-refractivity contribution in [2.24, 2.45) is 11.8 Å². The Morgan fingerprint density at radius 2 is 1.78 bits per heavy atom. The highest BCUT2D eigenvalue weighted by atomic mass is 16.7. The molecule has 6 heteroatoms. The van der Waals surface area contributed by atoms with Gasteiger partial charge in [-0.05, 0) is 46.0 Å². The number of hydrogen-bond donors (Lipinski definition) is 2. The van der Waals surface area contributed by atoms with Crippen molar-refractivity contribution in [3.63, 3.8) is 0 Å². The molecule has 6 nitrogen and oxygen atoms in total. The molecule has 3 heterocycles. The van der Waals surface area contributed by atoms with Gasteiger partial charge in [0, 0.05) is 31.3 Å². The van der Waals surface area contributed by atoms with E-state index in [0.717, 1.165) is 25.7 Å². The topological polar surface area (TPSA) is 85.2 Å². The first-order valence-corrected chi connectivity index (χ1v) is 12.2. The van der Waals surface area contributed by atoms with Crippen LogP contribution in [0.3, 0.4) is 0 Å². The normalized spacial score (nSPS) is 48.6. The molecule has 0 aromatic carbocycles. The fourth-order valence-electron chi connectivity index (χ4n) is 5.58. The number of aliphatic hydroxyl groups is 2. The smallest absolute Gasteiger partial charge is 0.330 e. The Hall–Kier alpha value is -1.21. The van der Waals surface area contributed by atoms with Crippen molar-refractivity contribution >= 4 is 5.97 Å². The summed E-state index contributed by atoms with van der Waals surface area (Å²) in [6.07, 6.45) is 9.48. The van der Waals surface area contributed by atoms with Crippen molar-refractivity contribution in [2.45, 2.75) is 122 Å². The van der Waals surface area contributed by atoms with Crippen LogP contribution in [0.2, 0.25) is 0 Å². The van der Waals surface area contributed by atoms with Gasteiger partial charge >= 0.3 is 5.97 Å². The second kappa shape index (κ2) is 9.57. The Balaban J connectivity index is 1.85. The van der Waals surface area contributed by atoms with Gasteiger partial charge in [-0.25, -0.2) is 4.79 Å². The maximum Gasteiger partial charge on any atom is 0.330 e. The zero-order chi connectivity index (χ0) is 23.7.